The number of hydrogen-bond donors (Lipinski definition) is 2. The molecule has 5 heteroatoms. The standard InChI is InChI=1S/C14H18N2O3/c1-19-11-3-4-13-12(8-11)10(7-14(15)18)9-16(13)5-2-6-17/h3-4,8-9,17H,2,5-7H2,1H3,(H2,15,18). The molecular weight excluding hydrogens is 244 g/mol. The molecule has 0 aliphatic rings. The number of aliphatic hydroxyl groups excluding tert-OH is 1. The third kappa shape index (κ3) is 2.88. The zero-order chi connectivity index (χ0) is 13.8. The number of nitrogens with two attached hydrogens (primary N) is 1. The van der Waals surface area contributed by atoms with Crippen LogP contribution in [0.15, 0.2) is 24.4 Å². The fourth-order valence-corrected chi connectivity index (χ4v) is 2.23. The molecule has 2 rings (SSSR count). The molecule has 1 aromatic carbocycles. The van der Waals surface area contributed by atoms with Crippen molar-refractivity contribution < 1.29 is 14.6 Å². The molecule has 2 aromatic rings. The van der Waals surface area contributed by atoms with E-state index >= 15 is 0 Å². The van der Waals surface area contributed by atoms with Crippen LogP contribution < -0.4 is 10.5 Å². The number of carbonyl (C=O) groups is 1. The van der Waals surface area contributed by atoms with Crippen LogP contribution in [0.5, 0.6) is 5.75 Å². The first kappa shape index (κ1) is 13.4. The predicted molar refractivity (Wildman–Crippen MR) is 73.1 cm³/mol. The van der Waals surface area contributed by atoms with Crippen molar-refractivity contribution in [3.05, 3.63) is 30.0 Å². The quantitative estimate of drug-likeness (QED) is 0.817. The zero-order valence-electron chi connectivity index (χ0n) is 10.9. The second-order valence-electron chi connectivity index (χ2n) is 4.45. The van der Waals surface area contributed by atoms with Gasteiger partial charge in [-0.3, -0.25) is 4.79 Å². The summed E-state index contributed by atoms with van der Waals surface area (Å²) in [4.78, 5) is 11.1. The minimum atomic E-state index is -0.357. The first-order valence-corrected chi connectivity index (χ1v) is 6.20. The largest absolute Gasteiger partial charge is 0.497 e. The van der Waals surface area contributed by atoms with Crippen LogP contribution in [0.1, 0.15) is 12.0 Å². The minimum Gasteiger partial charge on any atom is -0.497 e. The Labute approximate surface area is 111 Å². The summed E-state index contributed by atoms with van der Waals surface area (Å²) in [6.07, 6.45) is 2.80. The number of aromatic nitrogens is 1. The normalized spacial score (nSPS) is 10.8. The van der Waals surface area contributed by atoms with Crippen LogP contribution in [0.3, 0.4) is 0 Å². The van der Waals surface area contributed by atoms with Gasteiger partial charge in [-0.15, -0.1) is 0 Å². The van der Waals surface area contributed by atoms with Crippen molar-refractivity contribution >= 4 is 16.8 Å². The van der Waals surface area contributed by atoms with Crippen molar-refractivity contribution in [2.24, 2.45) is 5.73 Å². The summed E-state index contributed by atoms with van der Waals surface area (Å²) in [6.45, 7) is 0.846. The number of carbonyl (C=O) groups excluding carboxylic acids is 1. The third-order valence-corrected chi connectivity index (χ3v) is 3.09. The van der Waals surface area contributed by atoms with Crippen molar-refractivity contribution in [2.45, 2.75) is 19.4 Å². The maximum atomic E-state index is 11.1. The zero-order valence-corrected chi connectivity index (χ0v) is 10.9. The maximum Gasteiger partial charge on any atom is 0.221 e. The predicted octanol–water partition coefficient (Wildman–Crippen LogP) is 1.06. The van der Waals surface area contributed by atoms with Gasteiger partial charge in [0.05, 0.1) is 13.5 Å². The Hall–Kier alpha value is -2.01. The molecule has 0 saturated heterocycles. The van der Waals surface area contributed by atoms with Gasteiger partial charge in [-0.25, -0.2) is 0 Å². The number of methoxy groups -OCH3 is 1. The van der Waals surface area contributed by atoms with Crippen molar-refractivity contribution in [1.29, 1.82) is 0 Å². The Kier molecular flexibility index (Phi) is 4.06. The van der Waals surface area contributed by atoms with Gasteiger partial charge in [-0.1, -0.05) is 0 Å². The van der Waals surface area contributed by atoms with E-state index in [0.717, 1.165) is 22.2 Å². The number of ether oxygens (including phenoxy) is 1. The lowest BCUT2D eigenvalue weighted by Crippen LogP contribution is -2.13. The van der Waals surface area contributed by atoms with Crippen molar-refractivity contribution in [2.75, 3.05) is 13.7 Å². The van der Waals surface area contributed by atoms with E-state index in [0.29, 0.717) is 13.0 Å². The third-order valence-electron chi connectivity index (χ3n) is 3.09. The second kappa shape index (κ2) is 5.75. The van der Waals surface area contributed by atoms with Crippen molar-refractivity contribution in [3.8, 4) is 5.75 Å². The van der Waals surface area contributed by atoms with Crippen LogP contribution in [0.2, 0.25) is 0 Å². The Bertz CT molecular complexity index is 590. The highest BCUT2D eigenvalue weighted by Gasteiger charge is 2.11. The highest BCUT2D eigenvalue weighted by atomic mass is 16.5. The van der Waals surface area contributed by atoms with E-state index in [-0.39, 0.29) is 18.9 Å². The van der Waals surface area contributed by atoms with E-state index in [1.54, 1.807) is 7.11 Å². The molecular formula is C14H18N2O3. The van der Waals surface area contributed by atoms with Crippen molar-refractivity contribution in [3.63, 3.8) is 0 Å². The van der Waals surface area contributed by atoms with Crippen LogP contribution in [0.25, 0.3) is 10.9 Å². The number of fused-ring (bicyclic) bond motifs is 1. The van der Waals surface area contributed by atoms with Crippen molar-refractivity contribution in [1.82, 2.24) is 4.57 Å². The molecule has 0 radical (unpaired) electrons. The molecule has 1 aromatic heterocycles. The number of rotatable bonds is 6. The number of primary amides is 1. The summed E-state index contributed by atoms with van der Waals surface area (Å²) in [5, 5.41) is 9.90. The number of aryl methyl sites for hydroxylation is 1. The number of benzene rings is 1. The van der Waals surface area contributed by atoms with Gasteiger partial charge in [0, 0.05) is 30.3 Å². The number of hydrogen-bond acceptors (Lipinski definition) is 3. The van der Waals surface area contributed by atoms with Gasteiger partial charge in [-0.05, 0) is 30.2 Å². The molecule has 0 atom stereocenters. The van der Waals surface area contributed by atoms with Gasteiger partial charge >= 0.3 is 0 Å². The average molecular weight is 262 g/mol. The van der Waals surface area contributed by atoms with Gasteiger partial charge in [-0.2, -0.15) is 0 Å². The molecule has 0 spiro atoms. The number of aliphatic hydroxyl groups is 1. The van der Waals surface area contributed by atoms with Crippen LogP contribution >= 0.6 is 0 Å². The summed E-state index contributed by atoms with van der Waals surface area (Å²) in [5.41, 5.74) is 7.18. The number of nitrogens with zero attached hydrogens (tertiary/aromatic N) is 1. The van der Waals surface area contributed by atoms with E-state index in [2.05, 4.69) is 0 Å². The highest BCUT2D eigenvalue weighted by Crippen LogP contribution is 2.26. The summed E-state index contributed by atoms with van der Waals surface area (Å²) >= 11 is 0. The molecule has 0 saturated carbocycles. The van der Waals surface area contributed by atoms with E-state index in [9.17, 15) is 4.79 Å². The van der Waals surface area contributed by atoms with E-state index in [4.69, 9.17) is 15.6 Å². The van der Waals surface area contributed by atoms with Gasteiger partial charge in [0.25, 0.3) is 0 Å². The van der Waals surface area contributed by atoms with Gasteiger partial charge in [0.1, 0.15) is 5.75 Å². The Morgan fingerprint density at radius 1 is 1.47 bits per heavy atom. The lowest BCUT2D eigenvalue weighted by Gasteiger charge is -2.04. The van der Waals surface area contributed by atoms with Crippen LogP contribution in [-0.2, 0) is 17.8 Å². The monoisotopic (exact) mass is 262 g/mol. The maximum absolute atomic E-state index is 11.1. The Morgan fingerprint density at radius 2 is 2.26 bits per heavy atom. The van der Waals surface area contributed by atoms with Gasteiger partial charge < -0.3 is 20.1 Å². The van der Waals surface area contributed by atoms with E-state index in [1.165, 1.54) is 0 Å². The summed E-state index contributed by atoms with van der Waals surface area (Å²) in [5.74, 6) is 0.391. The SMILES string of the molecule is COc1ccc2c(c1)c(CC(N)=O)cn2CCCO. The molecule has 5 nitrogen and oxygen atoms in total. The van der Waals surface area contributed by atoms with Crippen LogP contribution in [-0.4, -0.2) is 29.3 Å². The first-order chi connectivity index (χ1) is 9.15. The molecule has 0 aliphatic heterocycles. The lowest BCUT2D eigenvalue weighted by atomic mass is 10.1. The summed E-state index contributed by atoms with van der Waals surface area (Å²) in [7, 11) is 1.61. The fraction of sp³-hybridized carbons (Fsp3) is 0.357. The topological polar surface area (TPSA) is 77.5 Å². The molecule has 1 amide bonds. The lowest BCUT2D eigenvalue weighted by molar-refractivity contribution is -0.117. The van der Waals surface area contributed by atoms with Gasteiger partial charge in [0.2, 0.25) is 5.91 Å². The van der Waals surface area contributed by atoms with Crippen LogP contribution in [0.4, 0.5) is 0 Å². The molecule has 0 fully saturated rings. The molecule has 3 N–H and O–H groups in total. The molecule has 0 aliphatic carbocycles. The molecule has 19 heavy (non-hydrogen) atoms. The molecule has 0 bridgehead atoms. The van der Waals surface area contributed by atoms with Gasteiger partial charge in [0.15, 0.2) is 0 Å². The van der Waals surface area contributed by atoms with E-state index < -0.39 is 0 Å². The highest BCUT2D eigenvalue weighted by molar-refractivity contribution is 5.89. The summed E-state index contributed by atoms with van der Waals surface area (Å²) in [6, 6.07) is 5.74. The van der Waals surface area contributed by atoms with Crippen LogP contribution in [0, 0.1) is 0 Å². The minimum absolute atomic E-state index is 0.140. The van der Waals surface area contributed by atoms with E-state index in [1.807, 2.05) is 29.0 Å². The fourth-order valence-electron chi connectivity index (χ4n) is 2.23. The first-order valence-electron chi connectivity index (χ1n) is 6.20. The number of amides is 1. The smallest absolute Gasteiger partial charge is 0.221 e. The Balaban J connectivity index is 2.48. The average Bonchev–Trinajstić information content (AvgIpc) is 2.73. The molecule has 102 valence electrons. The second-order valence-corrected chi connectivity index (χ2v) is 4.45. The summed E-state index contributed by atoms with van der Waals surface area (Å²) < 4.78 is 7.24. The Morgan fingerprint density at radius 3 is 2.89 bits per heavy atom. The molecule has 0 unspecified atom stereocenters. The molecule has 1 heterocycles.